The molecule has 0 aliphatic rings. The molecule has 122 valence electrons. The van der Waals surface area contributed by atoms with Gasteiger partial charge in [-0.25, -0.2) is 0 Å². The highest BCUT2D eigenvalue weighted by Gasteiger charge is 2.29. The molecule has 0 amide bonds. The number of halogens is 1. The van der Waals surface area contributed by atoms with Crippen LogP contribution in [0.15, 0.2) is 4.47 Å². The number of hydrogen-bond donors (Lipinski definition) is 0. The molecule has 1 rings (SSSR count). The molecule has 3 heteroatoms. The molecule has 21 heavy (non-hydrogen) atoms. The Morgan fingerprint density at radius 1 is 0.952 bits per heavy atom. The Bertz CT molecular complexity index is 425. The lowest BCUT2D eigenvalue weighted by Gasteiger charge is -2.32. The van der Waals surface area contributed by atoms with Crippen molar-refractivity contribution >= 4 is 15.9 Å². The third-order valence-corrected chi connectivity index (χ3v) is 5.75. The molecule has 0 aliphatic heterocycles. The van der Waals surface area contributed by atoms with Crippen LogP contribution < -0.4 is 0 Å². The SMILES string of the molecule is CCCCCCCC(C)(CCCC)n1nc(C)c(Br)c1C. The highest BCUT2D eigenvalue weighted by atomic mass is 79.9. The molecule has 0 radical (unpaired) electrons. The number of nitrogens with zero attached hydrogens (tertiary/aromatic N) is 2. The maximum absolute atomic E-state index is 4.82. The molecule has 1 unspecified atom stereocenters. The third-order valence-electron chi connectivity index (χ3n) is 4.60. The highest BCUT2D eigenvalue weighted by molar-refractivity contribution is 9.10. The minimum absolute atomic E-state index is 0.170. The van der Waals surface area contributed by atoms with Gasteiger partial charge in [-0.3, -0.25) is 4.68 Å². The summed E-state index contributed by atoms with van der Waals surface area (Å²) < 4.78 is 3.47. The van der Waals surface area contributed by atoms with E-state index >= 15 is 0 Å². The van der Waals surface area contributed by atoms with Crippen molar-refractivity contribution in [2.45, 2.75) is 97.9 Å². The predicted octanol–water partition coefficient (Wildman–Crippen LogP) is 6.53. The molecule has 0 spiro atoms. The smallest absolute Gasteiger partial charge is 0.0738 e. The average molecular weight is 357 g/mol. The van der Waals surface area contributed by atoms with Crippen molar-refractivity contribution in [1.82, 2.24) is 9.78 Å². The van der Waals surface area contributed by atoms with Crippen molar-refractivity contribution < 1.29 is 0 Å². The van der Waals surface area contributed by atoms with Crippen molar-refractivity contribution in [3.8, 4) is 0 Å². The minimum atomic E-state index is 0.170. The second kappa shape index (κ2) is 8.97. The Balaban J connectivity index is 2.79. The lowest BCUT2D eigenvalue weighted by atomic mass is 9.88. The van der Waals surface area contributed by atoms with E-state index in [1.807, 2.05) is 0 Å². The van der Waals surface area contributed by atoms with Gasteiger partial charge >= 0.3 is 0 Å². The molecule has 1 aromatic heterocycles. The molecule has 0 fully saturated rings. The van der Waals surface area contributed by atoms with Crippen LogP contribution in [0.5, 0.6) is 0 Å². The largest absolute Gasteiger partial charge is 0.263 e. The lowest BCUT2D eigenvalue weighted by Crippen LogP contribution is -2.32. The summed E-state index contributed by atoms with van der Waals surface area (Å²) in [4.78, 5) is 0. The molecule has 0 aromatic carbocycles. The molecule has 0 saturated carbocycles. The van der Waals surface area contributed by atoms with E-state index < -0.39 is 0 Å². The molecule has 0 bridgehead atoms. The molecular formula is C18H33BrN2. The van der Waals surface area contributed by atoms with Crippen LogP contribution in [0.3, 0.4) is 0 Å². The van der Waals surface area contributed by atoms with E-state index in [0.717, 1.165) is 5.69 Å². The maximum Gasteiger partial charge on any atom is 0.0738 e. The van der Waals surface area contributed by atoms with Crippen LogP contribution >= 0.6 is 15.9 Å². The van der Waals surface area contributed by atoms with Crippen LogP contribution in [0, 0.1) is 13.8 Å². The molecule has 1 atom stereocenters. The fourth-order valence-electron chi connectivity index (χ4n) is 3.15. The van der Waals surface area contributed by atoms with E-state index in [1.165, 1.54) is 68.0 Å². The van der Waals surface area contributed by atoms with E-state index in [2.05, 4.69) is 55.2 Å². The van der Waals surface area contributed by atoms with Crippen LogP contribution in [-0.2, 0) is 5.54 Å². The number of rotatable bonds is 10. The van der Waals surface area contributed by atoms with Crippen molar-refractivity contribution in [2.24, 2.45) is 0 Å². The first-order chi connectivity index (χ1) is 9.96. The Morgan fingerprint density at radius 3 is 2.05 bits per heavy atom. The summed E-state index contributed by atoms with van der Waals surface area (Å²) in [5.74, 6) is 0. The maximum atomic E-state index is 4.82. The second-order valence-electron chi connectivity index (χ2n) is 6.66. The Hall–Kier alpha value is -0.310. The van der Waals surface area contributed by atoms with Gasteiger partial charge in [0.05, 0.1) is 21.4 Å². The highest BCUT2D eigenvalue weighted by Crippen LogP contribution is 2.33. The Labute approximate surface area is 139 Å². The summed E-state index contributed by atoms with van der Waals surface area (Å²) in [5.41, 5.74) is 2.56. The Kier molecular flexibility index (Phi) is 8.00. The van der Waals surface area contributed by atoms with E-state index in [1.54, 1.807) is 0 Å². The summed E-state index contributed by atoms with van der Waals surface area (Å²) in [7, 11) is 0. The summed E-state index contributed by atoms with van der Waals surface area (Å²) in [6.07, 6.45) is 11.7. The van der Waals surface area contributed by atoms with Crippen molar-refractivity contribution in [2.75, 3.05) is 0 Å². The van der Waals surface area contributed by atoms with Gasteiger partial charge in [0.25, 0.3) is 0 Å². The van der Waals surface area contributed by atoms with Crippen LogP contribution in [0.2, 0.25) is 0 Å². The fourth-order valence-corrected chi connectivity index (χ4v) is 3.40. The predicted molar refractivity (Wildman–Crippen MR) is 96.0 cm³/mol. The molecular weight excluding hydrogens is 324 g/mol. The summed E-state index contributed by atoms with van der Waals surface area (Å²) in [6, 6.07) is 0. The first-order valence-corrected chi connectivity index (χ1v) is 9.47. The van der Waals surface area contributed by atoms with Gasteiger partial charge in [-0.15, -0.1) is 0 Å². The lowest BCUT2D eigenvalue weighted by molar-refractivity contribution is 0.224. The first kappa shape index (κ1) is 18.7. The molecule has 2 nitrogen and oxygen atoms in total. The number of hydrogen-bond acceptors (Lipinski definition) is 1. The molecule has 0 N–H and O–H groups in total. The summed E-state index contributed by atoms with van der Waals surface area (Å²) >= 11 is 3.68. The minimum Gasteiger partial charge on any atom is -0.263 e. The van der Waals surface area contributed by atoms with E-state index in [9.17, 15) is 0 Å². The van der Waals surface area contributed by atoms with Crippen LogP contribution in [0.1, 0.15) is 89.9 Å². The van der Waals surface area contributed by atoms with Crippen molar-refractivity contribution in [3.63, 3.8) is 0 Å². The zero-order chi connectivity index (χ0) is 15.9. The van der Waals surface area contributed by atoms with Gasteiger partial charge < -0.3 is 0 Å². The fraction of sp³-hybridized carbons (Fsp3) is 0.833. The van der Waals surface area contributed by atoms with Gasteiger partial charge in [0.1, 0.15) is 0 Å². The van der Waals surface area contributed by atoms with Gasteiger partial charge in [0.15, 0.2) is 0 Å². The van der Waals surface area contributed by atoms with Crippen LogP contribution in [-0.4, -0.2) is 9.78 Å². The second-order valence-corrected chi connectivity index (χ2v) is 7.45. The summed E-state index contributed by atoms with van der Waals surface area (Å²) in [5, 5.41) is 4.82. The average Bonchev–Trinajstić information content (AvgIpc) is 2.73. The quantitative estimate of drug-likeness (QED) is 0.435. The van der Waals surface area contributed by atoms with Gasteiger partial charge in [0.2, 0.25) is 0 Å². The molecule has 0 saturated heterocycles. The van der Waals surface area contributed by atoms with Crippen LogP contribution in [0.4, 0.5) is 0 Å². The zero-order valence-corrected chi connectivity index (χ0v) is 16.2. The van der Waals surface area contributed by atoms with E-state index in [0.29, 0.717) is 0 Å². The summed E-state index contributed by atoms with van der Waals surface area (Å²) in [6.45, 7) is 11.2. The van der Waals surface area contributed by atoms with Gasteiger partial charge in [-0.05, 0) is 49.5 Å². The standard InChI is InChI=1S/C18H33BrN2/c1-6-8-10-11-12-14-18(5,13-9-7-2)21-16(4)17(19)15(3)20-21/h6-14H2,1-5H3. The number of aryl methyl sites for hydroxylation is 1. The topological polar surface area (TPSA) is 17.8 Å². The van der Waals surface area contributed by atoms with Gasteiger partial charge in [0, 0.05) is 0 Å². The molecule has 1 heterocycles. The van der Waals surface area contributed by atoms with E-state index in [4.69, 9.17) is 5.10 Å². The molecule has 0 aliphatic carbocycles. The zero-order valence-electron chi connectivity index (χ0n) is 14.6. The normalized spacial score (nSPS) is 14.4. The Morgan fingerprint density at radius 2 is 1.52 bits per heavy atom. The molecule has 1 aromatic rings. The van der Waals surface area contributed by atoms with Gasteiger partial charge in [-0.2, -0.15) is 5.10 Å². The monoisotopic (exact) mass is 356 g/mol. The third kappa shape index (κ3) is 5.12. The van der Waals surface area contributed by atoms with Gasteiger partial charge in [-0.1, -0.05) is 58.8 Å². The van der Waals surface area contributed by atoms with Crippen LogP contribution in [0.25, 0.3) is 0 Å². The number of unbranched alkanes of at least 4 members (excludes halogenated alkanes) is 5. The van der Waals surface area contributed by atoms with Crippen molar-refractivity contribution in [3.05, 3.63) is 15.9 Å². The van der Waals surface area contributed by atoms with E-state index in [-0.39, 0.29) is 5.54 Å². The van der Waals surface area contributed by atoms with Crippen molar-refractivity contribution in [1.29, 1.82) is 0 Å². The first-order valence-electron chi connectivity index (χ1n) is 8.68. The number of aromatic nitrogens is 2.